The second-order valence-corrected chi connectivity index (χ2v) is 9.30. The summed E-state index contributed by atoms with van der Waals surface area (Å²) in [5, 5.41) is 20.6. The predicted octanol–water partition coefficient (Wildman–Crippen LogP) is 6.57. The van der Waals surface area contributed by atoms with Crippen LogP contribution in [0.2, 0.25) is 0 Å². The van der Waals surface area contributed by atoms with Crippen LogP contribution in [0.5, 0.6) is 5.75 Å². The zero-order chi connectivity index (χ0) is 26.6. The lowest BCUT2D eigenvalue weighted by Gasteiger charge is -2.21. The van der Waals surface area contributed by atoms with Gasteiger partial charge in [-0.15, -0.1) is 10.2 Å². The number of carbonyl (C=O) groups is 1. The van der Waals surface area contributed by atoms with E-state index < -0.39 is 0 Å². The number of ether oxygens (including phenoxy) is 1. The number of carbonyl (C=O) groups excluding carboxylic acids is 1. The van der Waals surface area contributed by atoms with E-state index in [0.29, 0.717) is 29.6 Å². The standard InChI is InChI=1S/C31H26N6O2/c1-20-13-15-23(16-14-20)32-31(38)33-28-19-22(25-10-5-6-11-26(25)30-34-36-37-35-30)18-27-24(12-7-17-39-29(27)28)21-8-3-2-4-9-21/h2-16,18-19,24H,17H2,1H3,(H2,32,33,38)(H,34,35,36,37)/t24-/m1/s1. The molecule has 0 radical (unpaired) electrons. The Hall–Kier alpha value is -5.24. The Kier molecular flexibility index (Phi) is 6.57. The van der Waals surface area contributed by atoms with Crippen molar-refractivity contribution in [3.05, 3.63) is 120 Å². The van der Waals surface area contributed by atoms with Gasteiger partial charge in [-0.2, -0.15) is 5.21 Å². The SMILES string of the molecule is Cc1ccc(NC(=O)Nc2cc(-c3ccccc3-c3nn[nH]n3)cc3c2OCC=C[C@@H]3c2ccccc2)cc1. The van der Waals surface area contributed by atoms with Crippen molar-refractivity contribution >= 4 is 17.4 Å². The van der Waals surface area contributed by atoms with Gasteiger partial charge in [-0.1, -0.05) is 84.4 Å². The van der Waals surface area contributed by atoms with E-state index in [4.69, 9.17) is 4.74 Å². The first-order valence-corrected chi connectivity index (χ1v) is 12.7. The van der Waals surface area contributed by atoms with E-state index in [1.165, 1.54) is 0 Å². The van der Waals surface area contributed by atoms with Crippen molar-refractivity contribution in [1.82, 2.24) is 20.6 Å². The molecule has 2 heterocycles. The summed E-state index contributed by atoms with van der Waals surface area (Å²) in [4.78, 5) is 13.2. The summed E-state index contributed by atoms with van der Waals surface area (Å²) in [7, 11) is 0. The molecule has 1 aromatic heterocycles. The quantitative estimate of drug-likeness (QED) is 0.230. The molecule has 192 valence electrons. The minimum atomic E-state index is -0.360. The summed E-state index contributed by atoms with van der Waals surface area (Å²) in [6, 6.07) is 29.5. The molecule has 0 fully saturated rings. The number of aryl methyl sites for hydroxylation is 1. The number of anilines is 2. The molecule has 0 saturated carbocycles. The van der Waals surface area contributed by atoms with Crippen LogP contribution in [0.25, 0.3) is 22.5 Å². The van der Waals surface area contributed by atoms with Crippen molar-refractivity contribution in [1.29, 1.82) is 0 Å². The van der Waals surface area contributed by atoms with Gasteiger partial charge in [0.2, 0.25) is 5.82 Å². The normalized spacial score (nSPS) is 14.1. The molecular formula is C31H26N6O2. The number of fused-ring (bicyclic) bond motifs is 1. The molecular weight excluding hydrogens is 488 g/mol. The lowest BCUT2D eigenvalue weighted by Crippen LogP contribution is -2.20. The number of allylic oxidation sites excluding steroid dienone is 1. The summed E-state index contributed by atoms with van der Waals surface area (Å²) in [5.74, 6) is 1.05. The van der Waals surface area contributed by atoms with Crippen LogP contribution in [0.4, 0.5) is 16.2 Å². The van der Waals surface area contributed by atoms with E-state index in [9.17, 15) is 4.79 Å². The van der Waals surface area contributed by atoms with Crippen molar-refractivity contribution < 1.29 is 9.53 Å². The lowest BCUT2D eigenvalue weighted by molar-refractivity contribution is 0.262. The average Bonchev–Trinajstić information content (AvgIpc) is 3.42. The third-order valence-electron chi connectivity index (χ3n) is 6.65. The largest absolute Gasteiger partial charge is 0.487 e. The first-order valence-electron chi connectivity index (χ1n) is 12.7. The number of tetrazole rings is 1. The minimum absolute atomic E-state index is 0.0679. The first-order chi connectivity index (χ1) is 19.2. The fourth-order valence-corrected chi connectivity index (χ4v) is 4.80. The number of nitrogens with zero attached hydrogens (tertiary/aromatic N) is 3. The van der Waals surface area contributed by atoms with Crippen molar-refractivity contribution in [2.75, 3.05) is 17.2 Å². The van der Waals surface area contributed by atoms with Gasteiger partial charge < -0.3 is 15.4 Å². The molecule has 3 N–H and O–H groups in total. The summed E-state index contributed by atoms with van der Waals surface area (Å²) < 4.78 is 6.22. The highest BCUT2D eigenvalue weighted by Crippen LogP contribution is 2.44. The van der Waals surface area contributed by atoms with Gasteiger partial charge in [0.05, 0.1) is 5.69 Å². The molecule has 0 unspecified atom stereocenters. The Bertz CT molecular complexity index is 1630. The van der Waals surface area contributed by atoms with Crippen LogP contribution in [-0.4, -0.2) is 33.3 Å². The smallest absolute Gasteiger partial charge is 0.323 e. The lowest BCUT2D eigenvalue weighted by atomic mass is 9.87. The zero-order valence-electron chi connectivity index (χ0n) is 21.3. The molecule has 0 saturated heterocycles. The monoisotopic (exact) mass is 514 g/mol. The highest BCUT2D eigenvalue weighted by molar-refractivity contribution is 6.01. The Morgan fingerprint density at radius 2 is 1.69 bits per heavy atom. The van der Waals surface area contributed by atoms with Gasteiger partial charge in [-0.05, 0) is 53.1 Å². The van der Waals surface area contributed by atoms with Crippen molar-refractivity contribution in [3.63, 3.8) is 0 Å². The van der Waals surface area contributed by atoms with Crippen molar-refractivity contribution in [2.45, 2.75) is 12.8 Å². The molecule has 6 rings (SSSR count). The number of aromatic nitrogens is 4. The number of benzene rings is 4. The van der Waals surface area contributed by atoms with Gasteiger partial charge in [-0.25, -0.2) is 4.79 Å². The number of rotatable bonds is 5. The van der Waals surface area contributed by atoms with Gasteiger partial charge in [0.1, 0.15) is 12.4 Å². The third kappa shape index (κ3) is 5.13. The van der Waals surface area contributed by atoms with Crippen LogP contribution < -0.4 is 15.4 Å². The fourth-order valence-electron chi connectivity index (χ4n) is 4.80. The van der Waals surface area contributed by atoms with E-state index in [1.54, 1.807) is 0 Å². The number of urea groups is 1. The number of nitrogens with one attached hydrogen (secondary N) is 3. The van der Waals surface area contributed by atoms with Crippen LogP contribution in [0.15, 0.2) is 103 Å². The van der Waals surface area contributed by atoms with E-state index in [0.717, 1.165) is 33.4 Å². The molecule has 1 aliphatic heterocycles. The number of aromatic amines is 1. The first kappa shape index (κ1) is 24.1. The maximum absolute atomic E-state index is 13.2. The summed E-state index contributed by atoms with van der Waals surface area (Å²) in [6.07, 6.45) is 4.16. The van der Waals surface area contributed by atoms with Gasteiger partial charge >= 0.3 is 6.03 Å². The van der Waals surface area contributed by atoms with Gasteiger partial charge in [0.25, 0.3) is 0 Å². The second-order valence-electron chi connectivity index (χ2n) is 9.30. The van der Waals surface area contributed by atoms with E-state index >= 15 is 0 Å². The molecule has 0 bridgehead atoms. The van der Waals surface area contributed by atoms with Crippen LogP contribution in [-0.2, 0) is 0 Å². The Labute approximate surface area is 225 Å². The molecule has 0 spiro atoms. The molecule has 0 aliphatic carbocycles. The Morgan fingerprint density at radius 3 is 2.46 bits per heavy atom. The van der Waals surface area contributed by atoms with E-state index in [1.807, 2.05) is 85.8 Å². The Balaban J connectivity index is 1.47. The van der Waals surface area contributed by atoms with Crippen LogP contribution in [0.1, 0.15) is 22.6 Å². The predicted molar refractivity (Wildman–Crippen MR) is 152 cm³/mol. The van der Waals surface area contributed by atoms with Crippen molar-refractivity contribution in [2.24, 2.45) is 0 Å². The van der Waals surface area contributed by atoms with Gasteiger partial charge in [0.15, 0.2) is 0 Å². The number of amides is 2. The van der Waals surface area contributed by atoms with Crippen molar-refractivity contribution in [3.8, 4) is 28.3 Å². The van der Waals surface area contributed by atoms with Gasteiger partial charge in [-0.3, -0.25) is 0 Å². The number of H-pyrrole nitrogens is 1. The van der Waals surface area contributed by atoms with Crippen LogP contribution >= 0.6 is 0 Å². The van der Waals surface area contributed by atoms with Crippen LogP contribution in [0.3, 0.4) is 0 Å². The zero-order valence-corrected chi connectivity index (χ0v) is 21.3. The van der Waals surface area contributed by atoms with Gasteiger partial charge in [0, 0.05) is 22.7 Å². The summed E-state index contributed by atoms with van der Waals surface area (Å²) in [6.45, 7) is 2.40. The highest BCUT2D eigenvalue weighted by Gasteiger charge is 2.24. The van der Waals surface area contributed by atoms with Crippen LogP contribution in [0, 0.1) is 6.92 Å². The maximum Gasteiger partial charge on any atom is 0.323 e. The molecule has 4 aromatic carbocycles. The molecule has 1 atom stereocenters. The fraction of sp³-hybridized carbons (Fsp3) is 0.0968. The summed E-state index contributed by atoms with van der Waals surface area (Å²) in [5.41, 5.74) is 7.07. The molecule has 2 amide bonds. The Morgan fingerprint density at radius 1 is 0.923 bits per heavy atom. The molecule has 8 nitrogen and oxygen atoms in total. The third-order valence-corrected chi connectivity index (χ3v) is 6.65. The highest BCUT2D eigenvalue weighted by atomic mass is 16.5. The molecule has 8 heteroatoms. The number of hydrogen-bond donors (Lipinski definition) is 3. The minimum Gasteiger partial charge on any atom is -0.487 e. The topological polar surface area (TPSA) is 105 Å². The second kappa shape index (κ2) is 10.6. The molecule has 39 heavy (non-hydrogen) atoms. The van der Waals surface area contributed by atoms with E-state index in [-0.39, 0.29) is 11.9 Å². The maximum atomic E-state index is 13.2. The number of hydrogen-bond acceptors (Lipinski definition) is 5. The van der Waals surface area contributed by atoms with E-state index in [2.05, 4.69) is 55.5 Å². The molecule has 1 aliphatic rings. The summed E-state index contributed by atoms with van der Waals surface area (Å²) >= 11 is 0. The average molecular weight is 515 g/mol. The molecule has 5 aromatic rings.